The van der Waals surface area contributed by atoms with Gasteiger partial charge in [-0.3, -0.25) is 9.59 Å². The van der Waals surface area contributed by atoms with E-state index in [2.05, 4.69) is 4.74 Å². The summed E-state index contributed by atoms with van der Waals surface area (Å²) in [7, 11) is 0. The molecule has 0 saturated carbocycles. The lowest BCUT2D eigenvalue weighted by Gasteiger charge is -2.09. The molecule has 19 heteroatoms. The number of hydrogen-bond donors (Lipinski definition) is 0. The SMILES string of the molecule is O=C(CCOCCOCCOCCOCCOCCOCCOCCOCCOCCOC(=O)C(=O)c1ccccc1)Oc1c(F)c(F)c(F)c(F)c1F. The van der Waals surface area contributed by atoms with Crippen LogP contribution in [0.3, 0.4) is 0 Å². The van der Waals surface area contributed by atoms with Crippen LogP contribution in [0.1, 0.15) is 16.8 Å². The van der Waals surface area contributed by atoms with Gasteiger partial charge in [-0.1, -0.05) is 30.3 Å². The third-order valence-electron chi connectivity index (χ3n) is 6.49. The first-order valence-corrected chi connectivity index (χ1v) is 16.9. The zero-order chi connectivity index (χ0) is 39.2. The molecule has 14 nitrogen and oxygen atoms in total. The maximum absolute atomic E-state index is 13.5. The van der Waals surface area contributed by atoms with Crippen molar-refractivity contribution in [2.45, 2.75) is 6.42 Å². The monoisotopic (exact) mass is 784 g/mol. The van der Waals surface area contributed by atoms with Crippen LogP contribution in [0.15, 0.2) is 30.3 Å². The molecule has 2 aromatic rings. The Bertz CT molecular complexity index is 1330. The Hall–Kier alpha value is -3.66. The molecule has 0 aliphatic rings. The Morgan fingerprint density at radius 3 is 1.09 bits per heavy atom. The van der Waals surface area contributed by atoms with Crippen molar-refractivity contribution < 1.29 is 88.4 Å². The van der Waals surface area contributed by atoms with Gasteiger partial charge in [-0.05, 0) is 0 Å². The van der Waals surface area contributed by atoms with Gasteiger partial charge >= 0.3 is 11.9 Å². The van der Waals surface area contributed by atoms with Crippen LogP contribution in [0.4, 0.5) is 22.0 Å². The van der Waals surface area contributed by atoms with Gasteiger partial charge in [0.25, 0.3) is 5.78 Å². The highest BCUT2D eigenvalue weighted by atomic mass is 19.2. The second kappa shape index (κ2) is 29.7. The van der Waals surface area contributed by atoms with Crippen LogP contribution < -0.4 is 4.74 Å². The zero-order valence-electron chi connectivity index (χ0n) is 29.6. The molecule has 0 aliphatic carbocycles. The molecule has 0 saturated heterocycles. The summed E-state index contributed by atoms with van der Waals surface area (Å²) in [4.78, 5) is 35.3. The highest BCUT2D eigenvalue weighted by Crippen LogP contribution is 2.29. The van der Waals surface area contributed by atoms with Gasteiger partial charge in [-0.25, -0.2) is 18.0 Å². The molecule has 0 radical (unpaired) electrons. The molecule has 0 spiro atoms. The molecule has 0 atom stereocenters. The lowest BCUT2D eigenvalue weighted by Crippen LogP contribution is -2.20. The Morgan fingerprint density at radius 2 is 0.722 bits per heavy atom. The van der Waals surface area contributed by atoms with Crippen molar-refractivity contribution in [3.8, 4) is 5.75 Å². The van der Waals surface area contributed by atoms with Crippen molar-refractivity contribution in [1.29, 1.82) is 0 Å². The van der Waals surface area contributed by atoms with Crippen LogP contribution in [-0.2, 0) is 57.0 Å². The average Bonchev–Trinajstić information content (AvgIpc) is 3.18. The Balaban J connectivity index is 1.23. The van der Waals surface area contributed by atoms with E-state index in [0.29, 0.717) is 85.9 Å². The van der Waals surface area contributed by atoms with E-state index in [1.54, 1.807) is 30.3 Å². The minimum atomic E-state index is -2.36. The third kappa shape index (κ3) is 20.1. The van der Waals surface area contributed by atoms with E-state index >= 15 is 0 Å². The molecular formula is C35H45F5O14. The topological polar surface area (TPSA) is 153 Å². The van der Waals surface area contributed by atoms with Gasteiger partial charge in [0.1, 0.15) is 6.61 Å². The fraction of sp³-hybridized carbons (Fsp3) is 0.571. The summed E-state index contributed by atoms with van der Waals surface area (Å²) in [5.74, 6) is -15.8. The molecule has 2 rings (SSSR count). The van der Waals surface area contributed by atoms with Gasteiger partial charge in [-0.2, -0.15) is 8.78 Å². The van der Waals surface area contributed by atoms with Crippen LogP contribution in [0, 0.1) is 29.1 Å². The van der Waals surface area contributed by atoms with Crippen LogP contribution in [0.2, 0.25) is 0 Å². The fourth-order valence-corrected chi connectivity index (χ4v) is 3.82. The van der Waals surface area contributed by atoms with E-state index in [0.717, 1.165) is 0 Å². The van der Waals surface area contributed by atoms with E-state index in [-0.39, 0.29) is 45.2 Å². The quantitative estimate of drug-likeness (QED) is 0.0152. The van der Waals surface area contributed by atoms with E-state index in [9.17, 15) is 36.3 Å². The normalized spacial score (nSPS) is 11.2. The second-order valence-electron chi connectivity index (χ2n) is 10.5. The molecule has 0 fully saturated rings. The van der Waals surface area contributed by atoms with Gasteiger partial charge in [0.2, 0.25) is 34.8 Å². The number of benzene rings is 2. The number of rotatable bonds is 33. The number of ether oxygens (including phenoxy) is 11. The molecule has 0 unspecified atom stereocenters. The lowest BCUT2D eigenvalue weighted by atomic mass is 10.1. The maximum atomic E-state index is 13.5. The molecule has 0 amide bonds. The summed E-state index contributed by atoms with van der Waals surface area (Å²) in [6.07, 6.45) is -0.497. The highest BCUT2D eigenvalue weighted by Gasteiger charge is 2.28. The predicted molar refractivity (Wildman–Crippen MR) is 176 cm³/mol. The molecule has 54 heavy (non-hydrogen) atoms. The summed E-state index contributed by atoms with van der Waals surface area (Å²) in [5, 5.41) is 0. The number of carbonyl (C=O) groups excluding carboxylic acids is 3. The van der Waals surface area contributed by atoms with Crippen LogP contribution in [0.5, 0.6) is 5.75 Å². The zero-order valence-corrected chi connectivity index (χ0v) is 29.6. The molecule has 0 heterocycles. The van der Waals surface area contributed by atoms with Crippen molar-refractivity contribution >= 4 is 17.7 Å². The summed E-state index contributed by atoms with van der Waals surface area (Å²) in [6.45, 7) is 5.12. The molecular weight excluding hydrogens is 739 g/mol. The minimum absolute atomic E-state index is 0.0333. The molecule has 0 aliphatic heterocycles. The number of halogens is 5. The summed E-state index contributed by atoms with van der Waals surface area (Å²) in [6, 6.07) is 8.16. The van der Waals surface area contributed by atoms with Gasteiger partial charge in [0, 0.05) is 5.56 Å². The van der Waals surface area contributed by atoms with E-state index in [1.165, 1.54) is 0 Å². The fourth-order valence-electron chi connectivity index (χ4n) is 3.82. The lowest BCUT2D eigenvalue weighted by molar-refractivity contribution is -0.139. The summed E-state index contributed by atoms with van der Waals surface area (Å²) >= 11 is 0. The second-order valence-corrected chi connectivity index (χ2v) is 10.5. The van der Waals surface area contributed by atoms with Gasteiger partial charge in [-0.15, -0.1) is 0 Å². The first kappa shape index (κ1) is 46.5. The number of ketones is 1. The van der Waals surface area contributed by atoms with Crippen LogP contribution in [-0.4, -0.2) is 143 Å². The van der Waals surface area contributed by atoms with E-state index in [1.807, 2.05) is 0 Å². The van der Waals surface area contributed by atoms with Gasteiger partial charge < -0.3 is 52.1 Å². The number of carbonyl (C=O) groups is 3. The number of esters is 2. The van der Waals surface area contributed by atoms with E-state index in [4.69, 9.17) is 47.4 Å². The van der Waals surface area contributed by atoms with Crippen LogP contribution >= 0.6 is 0 Å². The molecule has 0 N–H and O–H groups in total. The summed E-state index contributed by atoms with van der Waals surface area (Å²) < 4.78 is 124. The van der Waals surface area contributed by atoms with Crippen LogP contribution in [0.25, 0.3) is 0 Å². The predicted octanol–water partition coefficient (Wildman–Crippen LogP) is 3.25. The molecule has 2 aromatic carbocycles. The largest absolute Gasteiger partial charge is 0.457 e. The first-order valence-electron chi connectivity index (χ1n) is 16.9. The summed E-state index contributed by atoms with van der Waals surface area (Å²) in [5.41, 5.74) is 0.272. The smallest absolute Gasteiger partial charge is 0.379 e. The van der Waals surface area contributed by atoms with Crippen molar-refractivity contribution in [2.75, 3.05) is 126 Å². The maximum Gasteiger partial charge on any atom is 0.379 e. The molecule has 0 aromatic heterocycles. The third-order valence-corrected chi connectivity index (χ3v) is 6.49. The average molecular weight is 785 g/mol. The highest BCUT2D eigenvalue weighted by molar-refractivity contribution is 6.40. The standard InChI is InChI=1S/C35H45F5O14/c36-28-29(37)31(39)34(32(40)30(28)38)54-27(41)6-7-44-8-9-45-10-11-46-12-13-47-14-15-48-16-17-49-18-19-50-20-21-51-22-23-52-24-25-53-35(43)33(42)26-4-2-1-3-5-26/h1-5H,6-25H2. The molecule has 0 bridgehead atoms. The van der Waals surface area contributed by atoms with Gasteiger partial charge in [0.15, 0.2) is 0 Å². The minimum Gasteiger partial charge on any atom is -0.457 e. The van der Waals surface area contributed by atoms with Crippen molar-refractivity contribution in [1.82, 2.24) is 0 Å². The Kier molecular flexibility index (Phi) is 25.5. The van der Waals surface area contributed by atoms with Gasteiger partial charge in [0.05, 0.1) is 125 Å². The number of hydrogen-bond acceptors (Lipinski definition) is 14. The number of Topliss-reactive ketones (excluding diaryl/α,β-unsaturated/α-hetero) is 1. The molecule has 304 valence electrons. The van der Waals surface area contributed by atoms with Crippen molar-refractivity contribution in [3.63, 3.8) is 0 Å². The Morgan fingerprint density at radius 1 is 0.407 bits per heavy atom. The Labute approximate surface area is 308 Å². The first-order chi connectivity index (χ1) is 26.2. The van der Waals surface area contributed by atoms with E-state index < -0.39 is 59.0 Å². The van der Waals surface area contributed by atoms with Crippen molar-refractivity contribution in [3.05, 3.63) is 65.0 Å². The van der Waals surface area contributed by atoms with Crippen molar-refractivity contribution in [2.24, 2.45) is 0 Å².